The summed E-state index contributed by atoms with van der Waals surface area (Å²) in [4.78, 5) is 24.8. The van der Waals surface area contributed by atoms with Crippen molar-refractivity contribution in [1.82, 2.24) is 5.32 Å². The summed E-state index contributed by atoms with van der Waals surface area (Å²) in [6.45, 7) is 2.05. The largest absolute Gasteiger partial charge is 0.350 e. The molecule has 2 amide bonds. The minimum Gasteiger partial charge on any atom is -0.350 e. The van der Waals surface area contributed by atoms with E-state index in [-0.39, 0.29) is 11.8 Å². The Morgan fingerprint density at radius 1 is 1.19 bits per heavy atom. The third-order valence-corrected chi connectivity index (χ3v) is 4.47. The van der Waals surface area contributed by atoms with Gasteiger partial charge >= 0.3 is 0 Å². The zero-order valence-electron chi connectivity index (χ0n) is 11.6. The summed E-state index contributed by atoms with van der Waals surface area (Å²) in [6, 6.07) is 11.4. The predicted octanol–water partition coefficient (Wildman–Crippen LogP) is 3.12. The van der Waals surface area contributed by atoms with Crippen molar-refractivity contribution < 1.29 is 9.59 Å². The normalized spacial score (nSPS) is 10.1. The molecule has 0 atom stereocenters. The van der Waals surface area contributed by atoms with Crippen LogP contribution in [0.2, 0.25) is 0 Å². The molecule has 6 heteroatoms. The van der Waals surface area contributed by atoms with E-state index in [0.29, 0.717) is 12.3 Å². The highest BCUT2D eigenvalue weighted by Gasteiger charge is 2.04. The molecule has 0 bridgehead atoms. The van der Waals surface area contributed by atoms with Crippen molar-refractivity contribution in [1.29, 1.82) is 0 Å². The van der Waals surface area contributed by atoms with E-state index < -0.39 is 0 Å². The minimum atomic E-state index is -0.0941. The van der Waals surface area contributed by atoms with E-state index in [2.05, 4.69) is 10.6 Å². The average molecular weight is 320 g/mol. The zero-order valence-corrected chi connectivity index (χ0v) is 13.2. The first-order valence-electron chi connectivity index (χ1n) is 6.43. The lowest BCUT2D eigenvalue weighted by atomic mass is 10.3. The molecule has 110 valence electrons. The molecule has 0 saturated heterocycles. The van der Waals surface area contributed by atoms with Crippen LogP contribution >= 0.6 is 23.1 Å². The highest BCUT2D eigenvalue weighted by molar-refractivity contribution is 8.00. The fourth-order valence-corrected chi connectivity index (χ4v) is 3.01. The van der Waals surface area contributed by atoms with Crippen LogP contribution in [0.1, 0.15) is 11.8 Å². The van der Waals surface area contributed by atoms with E-state index in [4.69, 9.17) is 0 Å². The Kier molecular flexibility index (Phi) is 5.83. The molecule has 0 radical (unpaired) electrons. The number of amides is 2. The maximum absolute atomic E-state index is 11.7. The van der Waals surface area contributed by atoms with Crippen LogP contribution in [-0.4, -0.2) is 17.6 Å². The van der Waals surface area contributed by atoms with Crippen LogP contribution in [0.25, 0.3) is 0 Å². The van der Waals surface area contributed by atoms with Gasteiger partial charge in [-0.3, -0.25) is 9.59 Å². The van der Waals surface area contributed by atoms with Crippen molar-refractivity contribution in [2.75, 3.05) is 11.1 Å². The van der Waals surface area contributed by atoms with Gasteiger partial charge in [-0.1, -0.05) is 6.07 Å². The van der Waals surface area contributed by atoms with E-state index in [1.807, 2.05) is 41.8 Å². The molecule has 2 rings (SSSR count). The summed E-state index contributed by atoms with van der Waals surface area (Å²) in [6.07, 6.45) is 0. The van der Waals surface area contributed by atoms with Gasteiger partial charge in [0.15, 0.2) is 0 Å². The fraction of sp³-hybridized carbons (Fsp3) is 0.200. The Morgan fingerprint density at radius 3 is 2.57 bits per heavy atom. The van der Waals surface area contributed by atoms with E-state index >= 15 is 0 Å². The van der Waals surface area contributed by atoms with Crippen LogP contribution in [0.15, 0.2) is 46.7 Å². The smallest absolute Gasteiger partial charge is 0.230 e. The van der Waals surface area contributed by atoms with Crippen molar-refractivity contribution in [3.63, 3.8) is 0 Å². The SMILES string of the molecule is CC(=O)Nc1ccc(SCC(=O)NCc2cccs2)cc1. The van der Waals surface area contributed by atoms with Crippen molar-refractivity contribution >= 4 is 40.6 Å². The Balaban J connectivity index is 1.74. The summed E-state index contributed by atoms with van der Waals surface area (Å²) in [5.74, 6) is 0.299. The van der Waals surface area contributed by atoms with E-state index in [0.717, 1.165) is 15.5 Å². The zero-order chi connectivity index (χ0) is 15.1. The van der Waals surface area contributed by atoms with Crippen molar-refractivity contribution in [3.8, 4) is 0 Å². The van der Waals surface area contributed by atoms with Gasteiger partial charge in [0.25, 0.3) is 0 Å². The van der Waals surface area contributed by atoms with Crippen LogP contribution in [0.4, 0.5) is 5.69 Å². The third-order valence-electron chi connectivity index (χ3n) is 2.58. The number of carbonyl (C=O) groups excluding carboxylic acids is 2. The second-order valence-electron chi connectivity index (χ2n) is 4.35. The van der Waals surface area contributed by atoms with Gasteiger partial charge in [0.1, 0.15) is 0 Å². The first-order valence-corrected chi connectivity index (χ1v) is 8.29. The summed E-state index contributed by atoms with van der Waals surface area (Å²) in [5.41, 5.74) is 0.758. The minimum absolute atomic E-state index is 0.0133. The molecule has 21 heavy (non-hydrogen) atoms. The average Bonchev–Trinajstić information content (AvgIpc) is 2.97. The second kappa shape index (κ2) is 7.85. The van der Waals surface area contributed by atoms with Gasteiger partial charge in [-0.15, -0.1) is 23.1 Å². The monoisotopic (exact) mass is 320 g/mol. The van der Waals surface area contributed by atoms with Crippen LogP contribution in [0.3, 0.4) is 0 Å². The first-order chi connectivity index (χ1) is 10.1. The van der Waals surface area contributed by atoms with Gasteiger partial charge in [0, 0.05) is 22.4 Å². The molecule has 0 fully saturated rings. The molecule has 0 unspecified atom stereocenters. The van der Waals surface area contributed by atoms with Gasteiger partial charge in [0.2, 0.25) is 11.8 Å². The van der Waals surface area contributed by atoms with Gasteiger partial charge in [-0.05, 0) is 35.7 Å². The lowest BCUT2D eigenvalue weighted by Crippen LogP contribution is -2.24. The molecule has 0 aliphatic carbocycles. The molecule has 2 aromatic rings. The van der Waals surface area contributed by atoms with Crippen molar-refractivity contribution in [2.24, 2.45) is 0 Å². The molecular formula is C15H16N2O2S2. The maximum atomic E-state index is 11.7. The number of rotatable bonds is 6. The van der Waals surface area contributed by atoms with E-state index in [9.17, 15) is 9.59 Å². The lowest BCUT2D eigenvalue weighted by Gasteiger charge is -2.05. The fourth-order valence-electron chi connectivity index (χ4n) is 1.64. The number of hydrogen-bond donors (Lipinski definition) is 2. The quantitative estimate of drug-likeness (QED) is 0.804. The van der Waals surface area contributed by atoms with Crippen molar-refractivity contribution in [3.05, 3.63) is 46.7 Å². The topological polar surface area (TPSA) is 58.2 Å². The molecule has 2 N–H and O–H groups in total. The highest BCUT2D eigenvalue weighted by Crippen LogP contribution is 2.20. The Morgan fingerprint density at radius 2 is 1.95 bits per heavy atom. The third kappa shape index (κ3) is 5.61. The molecule has 0 aliphatic rings. The molecule has 4 nitrogen and oxygen atoms in total. The molecule has 1 aromatic carbocycles. The molecular weight excluding hydrogens is 304 g/mol. The second-order valence-corrected chi connectivity index (χ2v) is 6.43. The number of benzene rings is 1. The van der Waals surface area contributed by atoms with Gasteiger partial charge in [0.05, 0.1) is 12.3 Å². The van der Waals surface area contributed by atoms with Crippen LogP contribution < -0.4 is 10.6 Å². The molecule has 0 aliphatic heterocycles. The van der Waals surface area contributed by atoms with Crippen LogP contribution in [0.5, 0.6) is 0 Å². The predicted molar refractivity (Wildman–Crippen MR) is 87.6 cm³/mol. The molecule has 1 aromatic heterocycles. The number of anilines is 1. The van der Waals surface area contributed by atoms with Crippen molar-refractivity contribution in [2.45, 2.75) is 18.4 Å². The molecule has 0 spiro atoms. The maximum Gasteiger partial charge on any atom is 0.230 e. The lowest BCUT2D eigenvalue weighted by molar-refractivity contribution is -0.118. The van der Waals surface area contributed by atoms with Gasteiger partial charge in [-0.25, -0.2) is 0 Å². The number of thiophene rings is 1. The highest BCUT2D eigenvalue weighted by atomic mass is 32.2. The van der Waals surface area contributed by atoms with E-state index in [1.165, 1.54) is 18.7 Å². The Labute approximate surface area is 131 Å². The molecule has 1 heterocycles. The molecule has 0 saturated carbocycles. The first kappa shape index (κ1) is 15.6. The Bertz CT molecular complexity index is 595. The number of hydrogen-bond acceptors (Lipinski definition) is 4. The summed E-state index contributed by atoms with van der Waals surface area (Å²) in [5, 5.41) is 7.59. The summed E-state index contributed by atoms with van der Waals surface area (Å²) < 4.78 is 0. The van der Waals surface area contributed by atoms with Gasteiger partial charge in [-0.2, -0.15) is 0 Å². The Hall–Kier alpha value is -1.79. The standard InChI is InChI=1S/C15H16N2O2S2/c1-11(18)17-12-4-6-13(7-5-12)21-10-15(19)16-9-14-3-2-8-20-14/h2-8H,9-10H2,1H3,(H,16,19)(H,17,18). The number of nitrogens with one attached hydrogen (secondary N) is 2. The van der Waals surface area contributed by atoms with Crippen LogP contribution in [0, 0.1) is 0 Å². The number of thioether (sulfide) groups is 1. The van der Waals surface area contributed by atoms with Gasteiger partial charge < -0.3 is 10.6 Å². The summed E-state index contributed by atoms with van der Waals surface area (Å²) in [7, 11) is 0. The summed E-state index contributed by atoms with van der Waals surface area (Å²) >= 11 is 3.10. The van der Waals surface area contributed by atoms with Crippen LogP contribution in [-0.2, 0) is 16.1 Å². The number of carbonyl (C=O) groups is 2. The van der Waals surface area contributed by atoms with E-state index in [1.54, 1.807) is 11.3 Å².